The van der Waals surface area contributed by atoms with Crippen LogP contribution in [-0.2, 0) is 4.74 Å². The number of hydrogen-bond donors (Lipinski definition) is 1. The molecule has 2 nitrogen and oxygen atoms in total. The monoisotopic (exact) mass is 201 g/mol. The Labute approximate surface area is 89.4 Å². The predicted molar refractivity (Wildman–Crippen MR) is 62.6 cm³/mol. The first-order chi connectivity index (χ1) is 6.57. The number of rotatable bonds is 8. The summed E-state index contributed by atoms with van der Waals surface area (Å²) in [6.45, 7) is 12.9. The average molecular weight is 201 g/mol. The van der Waals surface area contributed by atoms with Gasteiger partial charge in [-0.2, -0.15) is 0 Å². The van der Waals surface area contributed by atoms with Crippen LogP contribution in [0.15, 0.2) is 0 Å². The maximum Gasteiger partial charge on any atom is 0.0518 e. The van der Waals surface area contributed by atoms with E-state index >= 15 is 0 Å². The Morgan fingerprint density at radius 1 is 1.14 bits per heavy atom. The second kappa shape index (κ2) is 8.25. The Balaban J connectivity index is 3.33. The number of hydrogen-bond acceptors (Lipinski definition) is 2. The molecule has 0 aliphatic heterocycles. The molecular formula is C12H27NO. The fraction of sp³-hybridized carbons (Fsp3) is 1.00. The largest absolute Gasteiger partial charge is 0.379 e. The van der Waals surface area contributed by atoms with E-state index in [9.17, 15) is 0 Å². The van der Waals surface area contributed by atoms with Crippen molar-refractivity contribution < 1.29 is 4.74 Å². The summed E-state index contributed by atoms with van der Waals surface area (Å²) in [6, 6.07) is 0.661. The van der Waals surface area contributed by atoms with Crippen LogP contribution in [0.4, 0.5) is 0 Å². The van der Waals surface area contributed by atoms with Crippen molar-refractivity contribution in [2.75, 3.05) is 13.2 Å². The van der Waals surface area contributed by atoms with E-state index in [1.807, 2.05) is 0 Å². The molecule has 0 aliphatic carbocycles. The van der Waals surface area contributed by atoms with Crippen molar-refractivity contribution in [1.82, 2.24) is 5.32 Å². The minimum Gasteiger partial charge on any atom is -0.379 e. The molecule has 0 fully saturated rings. The quantitative estimate of drug-likeness (QED) is 0.610. The molecule has 0 aromatic rings. The minimum atomic E-state index is 0.363. The van der Waals surface area contributed by atoms with Gasteiger partial charge in [0.25, 0.3) is 0 Å². The molecule has 0 saturated heterocycles. The van der Waals surface area contributed by atoms with Gasteiger partial charge in [0, 0.05) is 12.6 Å². The van der Waals surface area contributed by atoms with Gasteiger partial charge in [0.1, 0.15) is 0 Å². The van der Waals surface area contributed by atoms with Gasteiger partial charge >= 0.3 is 0 Å². The highest BCUT2D eigenvalue weighted by Crippen LogP contribution is 2.04. The van der Waals surface area contributed by atoms with Crippen molar-refractivity contribution in [3.63, 3.8) is 0 Å². The SMILES string of the molecule is CCC(NCCCOC(C)C)C(C)C. The maximum atomic E-state index is 5.48. The van der Waals surface area contributed by atoms with Crippen LogP contribution in [0.2, 0.25) is 0 Å². The number of nitrogens with one attached hydrogen (secondary N) is 1. The van der Waals surface area contributed by atoms with Crippen LogP contribution in [0, 0.1) is 5.92 Å². The van der Waals surface area contributed by atoms with Crippen molar-refractivity contribution in [2.45, 2.75) is 59.6 Å². The van der Waals surface area contributed by atoms with Crippen molar-refractivity contribution in [3.05, 3.63) is 0 Å². The highest BCUT2D eigenvalue weighted by molar-refractivity contribution is 4.67. The van der Waals surface area contributed by atoms with Crippen LogP contribution in [-0.4, -0.2) is 25.3 Å². The summed E-state index contributed by atoms with van der Waals surface area (Å²) < 4.78 is 5.48. The zero-order chi connectivity index (χ0) is 11.0. The maximum absolute atomic E-state index is 5.48. The lowest BCUT2D eigenvalue weighted by Crippen LogP contribution is -2.34. The van der Waals surface area contributed by atoms with Crippen molar-refractivity contribution >= 4 is 0 Å². The fourth-order valence-corrected chi connectivity index (χ4v) is 1.53. The summed E-state index contributed by atoms with van der Waals surface area (Å²) in [6.07, 6.45) is 2.69. The average Bonchev–Trinajstić information content (AvgIpc) is 2.10. The fourth-order valence-electron chi connectivity index (χ4n) is 1.53. The molecule has 0 amide bonds. The first kappa shape index (κ1) is 13.9. The summed E-state index contributed by atoms with van der Waals surface area (Å²) in [5, 5.41) is 3.56. The Kier molecular flexibility index (Phi) is 8.20. The van der Waals surface area contributed by atoms with E-state index in [1.165, 1.54) is 6.42 Å². The normalized spacial score (nSPS) is 13.9. The lowest BCUT2D eigenvalue weighted by molar-refractivity contribution is 0.0764. The van der Waals surface area contributed by atoms with Gasteiger partial charge in [-0.15, -0.1) is 0 Å². The Morgan fingerprint density at radius 3 is 2.21 bits per heavy atom. The summed E-state index contributed by atoms with van der Waals surface area (Å²) in [7, 11) is 0. The molecule has 0 bridgehead atoms. The lowest BCUT2D eigenvalue weighted by atomic mass is 10.0. The highest BCUT2D eigenvalue weighted by Gasteiger charge is 2.08. The van der Waals surface area contributed by atoms with Gasteiger partial charge in [0.2, 0.25) is 0 Å². The van der Waals surface area contributed by atoms with E-state index in [1.54, 1.807) is 0 Å². The third kappa shape index (κ3) is 7.34. The summed E-state index contributed by atoms with van der Waals surface area (Å²) >= 11 is 0. The molecule has 0 rings (SSSR count). The van der Waals surface area contributed by atoms with Gasteiger partial charge in [-0.25, -0.2) is 0 Å². The molecule has 0 heterocycles. The first-order valence-corrected chi connectivity index (χ1v) is 5.92. The van der Waals surface area contributed by atoms with Crippen LogP contribution in [0.1, 0.15) is 47.5 Å². The topological polar surface area (TPSA) is 21.3 Å². The molecule has 0 aliphatic rings. The minimum absolute atomic E-state index is 0.363. The molecule has 1 unspecified atom stereocenters. The molecule has 14 heavy (non-hydrogen) atoms. The molecular weight excluding hydrogens is 174 g/mol. The second-order valence-electron chi connectivity index (χ2n) is 4.49. The highest BCUT2D eigenvalue weighted by atomic mass is 16.5. The summed E-state index contributed by atoms with van der Waals surface area (Å²) in [5.41, 5.74) is 0. The Hall–Kier alpha value is -0.0800. The van der Waals surface area contributed by atoms with Gasteiger partial charge in [0.15, 0.2) is 0 Å². The van der Waals surface area contributed by atoms with E-state index < -0.39 is 0 Å². The lowest BCUT2D eigenvalue weighted by Gasteiger charge is -2.20. The molecule has 0 aromatic heterocycles. The molecule has 86 valence electrons. The van der Waals surface area contributed by atoms with Gasteiger partial charge in [-0.3, -0.25) is 0 Å². The van der Waals surface area contributed by atoms with E-state index in [4.69, 9.17) is 4.74 Å². The van der Waals surface area contributed by atoms with E-state index in [-0.39, 0.29) is 0 Å². The third-order valence-electron chi connectivity index (χ3n) is 2.42. The van der Waals surface area contributed by atoms with Crippen LogP contribution in [0.5, 0.6) is 0 Å². The van der Waals surface area contributed by atoms with Crippen LogP contribution in [0.3, 0.4) is 0 Å². The zero-order valence-electron chi connectivity index (χ0n) is 10.5. The van der Waals surface area contributed by atoms with Crippen LogP contribution >= 0.6 is 0 Å². The van der Waals surface area contributed by atoms with Crippen LogP contribution < -0.4 is 5.32 Å². The van der Waals surface area contributed by atoms with E-state index in [2.05, 4.69) is 39.9 Å². The third-order valence-corrected chi connectivity index (χ3v) is 2.42. The summed E-state index contributed by atoms with van der Waals surface area (Å²) in [4.78, 5) is 0. The van der Waals surface area contributed by atoms with Crippen molar-refractivity contribution in [3.8, 4) is 0 Å². The molecule has 0 spiro atoms. The molecule has 0 aromatic carbocycles. The van der Waals surface area contributed by atoms with Crippen LogP contribution in [0.25, 0.3) is 0 Å². The molecule has 2 heteroatoms. The van der Waals surface area contributed by atoms with Gasteiger partial charge < -0.3 is 10.1 Å². The smallest absolute Gasteiger partial charge is 0.0518 e. The molecule has 0 radical (unpaired) electrons. The standard InChI is InChI=1S/C12H27NO/c1-6-12(10(2)3)13-8-7-9-14-11(4)5/h10-13H,6-9H2,1-5H3. The molecule has 1 N–H and O–H groups in total. The van der Waals surface area contributed by atoms with Crippen molar-refractivity contribution in [2.24, 2.45) is 5.92 Å². The predicted octanol–water partition coefficient (Wildman–Crippen LogP) is 2.83. The zero-order valence-corrected chi connectivity index (χ0v) is 10.5. The van der Waals surface area contributed by atoms with Crippen molar-refractivity contribution in [1.29, 1.82) is 0 Å². The second-order valence-corrected chi connectivity index (χ2v) is 4.49. The Bertz CT molecular complexity index is 123. The summed E-state index contributed by atoms with van der Waals surface area (Å²) in [5.74, 6) is 0.728. The van der Waals surface area contributed by atoms with E-state index in [0.717, 1.165) is 25.5 Å². The first-order valence-electron chi connectivity index (χ1n) is 5.92. The number of ether oxygens (including phenoxy) is 1. The van der Waals surface area contributed by atoms with Gasteiger partial charge in [0.05, 0.1) is 6.10 Å². The molecule has 0 saturated carbocycles. The van der Waals surface area contributed by atoms with Gasteiger partial charge in [-0.1, -0.05) is 20.8 Å². The Morgan fingerprint density at radius 2 is 1.79 bits per heavy atom. The molecule has 1 atom stereocenters. The van der Waals surface area contributed by atoms with Gasteiger partial charge in [-0.05, 0) is 39.2 Å². The van der Waals surface area contributed by atoms with E-state index in [0.29, 0.717) is 12.1 Å².